The number of nitrogens with zero attached hydrogens (tertiary/aromatic N) is 2. The second kappa shape index (κ2) is 11.0. The zero-order valence-electron chi connectivity index (χ0n) is 18.8. The second-order valence-corrected chi connectivity index (χ2v) is 10.1. The summed E-state index contributed by atoms with van der Waals surface area (Å²) in [6.07, 6.45) is 3.66. The van der Waals surface area contributed by atoms with Gasteiger partial charge in [0.05, 0.1) is 24.2 Å². The Balaban J connectivity index is 1.71. The van der Waals surface area contributed by atoms with Crippen molar-refractivity contribution >= 4 is 21.6 Å². The fraction of sp³-hybridized carbons (Fsp3) is 0.435. The molecule has 1 N–H and O–H groups in total. The highest BCUT2D eigenvalue weighted by molar-refractivity contribution is 7.89. The first-order valence-electron chi connectivity index (χ1n) is 10.8. The van der Waals surface area contributed by atoms with E-state index in [1.807, 2.05) is 0 Å². The summed E-state index contributed by atoms with van der Waals surface area (Å²) in [4.78, 5) is 14.3. The summed E-state index contributed by atoms with van der Waals surface area (Å²) in [5.74, 6) is -1.94. The van der Waals surface area contributed by atoms with Crippen LogP contribution in [0.3, 0.4) is 0 Å². The summed E-state index contributed by atoms with van der Waals surface area (Å²) in [7, 11) is -0.591. The molecule has 1 amide bonds. The SMILES string of the molecule is COc1ccc(S(=O)(=O)N2CCCCCC2)cc1NC(=O)CN(C)Cc1ccc(F)c(F)c1. The summed E-state index contributed by atoms with van der Waals surface area (Å²) in [6.45, 7) is 1.13. The van der Waals surface area contributed by atoms with Gasteiger partial charge in [-0.3, -0.25) is 9.69 Å². The number of nitrogens with one attached hydrogen (secondary N) is 1. The van der Waals surface area contributed by atoms with E-state index in [-0.39, 0.29) is 23.7 Å². The number of carbonyl (C=O) groups is 1. The van der Waals surface area contributed by atoms with Gasteiger partial charge in [-0.15, -0.1) is 0 Å². The Morgan fingerprint density at radius 3 is 2.39 bits per heavy atom. The number of halogens is 2. The number of rotatable bonds is 8. The predicted molar refractivity (Wildman–Crippen MR) is 122 cm³/mol. The van der Waals surface area contributed by atoms with Crippen molar-refractivity contribution in [2.75, 3.05) is 39.1 Å². The molecule has 1 heterocycles. The molecule has 3 rings (SSSR count). The van der Waals surface area contributed by atoms with Crippen LogP contribution in [0.25, 0.3) is 0 Å². The summed E-state index contributed by atoms with van der Waals surface area (Å²) < 4.78 is 59.5. The standard InChI is InChI=1S/C23H29F2N3O4S/c1-27(15-17-7-9-19(24)20(25)13-17)16-23(29)26-21-14-18(8-10-22(21)32-2)33(30,31)28-11-5-3-4-6-12-28/h7-10,13-14H,3-6,11-12,15-16H2,1-2H3,(H,26,29). The highest BCUT2D eigenvalue weighted by atomic mass is 32.2. The molecule has 180 valence electrons. The molecule has 1 aliphatic rings. The van der Waals surface area contributed by atoms with Crippen molar-refractivity contribution in [2.45, 2.75) is 37.1 Å². The lowest BCUT2D eigenvalue weighted by Gasteiger charge is -2.21. The molecule has 1 aliphatic heterocycles. The Bertz CT molecular complexity index is 1090. The third-order valence-electron chi connectivity index (χ3n) is 5.50. The molecular weight excluding hydrogens is 452 g/mol. The first-order chi connectivity index (χ1) is 15.7. The topological polar surface area (TPSA) is 79.0 Å². The number of ether oxygens (including phenoxy) is 1. The third-order valence-corrected chi connectivity index (χ3v) is 7.39. The van der Waals surface area contributed by atoms with E-state index in [0.29, 0.717) is 24.4 Å². The highest BCUT2D eigenvalue weighted by Gasteiger charge is 2.26. The molecule has 1 fully saturated rings. The average Bonchev–Trinajstić information content (AvgIpc) is 3.06. The lowest BCUT2D eigenvalue weighted by molar-refractivity contribution is -0.117. The van der Waals surface area contributed by atoms with Gasteiger partial charge < -0.3 is 10.1 Å². The summed E-state index contributed by atoms with van der Waals surface area (Å²) >= 11 is 0. The zero-order valence-corrected chi connectivity index (χ0v) is 19.6. The third kappa shape index (κ3) is 6.49. The number of hydrogen-bond acceptors (Lipinski definition) is 5. The van der Waals surface area contributed by atoms with Crippen LogP contribution in [0.2, 0.25) is 0 Å². The number of sulfonamides is 1. The number of amides is 1. The van der Waals surface area contributed by atoms with Gasteiger partial charge in [0.15, 0.2) is 11.6 Å². The molecule has 0 unspecified atom stereocenters. The molecule has 0 spiro atoms. The van der Waals surface area contributed by atoms with Crippen LogP contribution in [0, 0.1) is 11.6 Å². The van der Waals surface area contributed by atoms with Crippen LogP contribution < -0.4 is 10.1 Å². The monoisotopic (exact) mass is 481 g/mol. The van der Waals surface area contributed by atoms with E-state index in [2.05, 4.69) is 5.32 Å². The van der Waals surface area contributed by atoms with Crippen molar-refractivity contribution in [1.82, 2.24) is 9.21 Å². The summed E-state index contributed by atoms with van der Waals surface area (Å²) in [5, 5.41) is 2.70. The molecule has 2 aromatic carbocycles. The van der Waals surface area contributed by atoms with E-state index in [9.17, 15) is 22.0 Å². The van der Waals surface area contributed by atoms with Gasteiger partial charge in [-0.05, 0) is 55.8 Å². The van der Waals surface area contributed by atoms with E-state index < -0.39 is 27.6 Å². The number of methoxy groups -OCH3 is 1. The van der Waals surface area contributed by atoms with Crippen LogP contribution in [0.4, 0.5) is 14.5 Å². The van der Waals surface area contributed by atoms with Crippen molar-refractivity contribution in [3.63, 3.8) is 0 Å². The normalized spacial score (nSPS) is 15.3. The molecular formula is C23H29F2N3O4S. The number of likely N-dealkylation sites (N-methyl/N-ethyl adjacent to an activating group) is 1. The average molecular weight is 482 g/mol. The molecule has 10 heteroatoms. The molecule has 1 saturated heterocycles. The minimum Gasteiger partial charge on any atom is -0.495 e. The molecule has 33 heavy (non-hydrogen) atoms. The Morgan fingerprint density at radius 1 is 1.06 bits per heavy atom. The van der Waals surface area contributed by atoms with Crippen molar-refractivity contribution in [2.24, 2.45) is 0 Å². The smallest absolute Gasteiger partial charge is 0.243 e. The van der Waals surface area contributed by atoms with Gasteiger partial charge in [0, 0.05) is 19.6 Å². The maximum absolute atomic E-state index is 13.4. The second-order valence-electron chi connectivity index (χ2n) is 8.15. The molecule has 0 aromatic heterocycles. The molecule has 0 saturated carbocycles. The molecule has 7 nitrogen and oxygen atoms in total. The first kappa shape index (κ1) is 25.1. The van der Waals surface area contributed by atoms with Crippen molar-refractivity contribution in [3.05, 3.63) is 53.6 Å². The van der Waals surface area contributed by atoms with Crippen LogP contribution in [0.15, 0.2) is 41.3 Å². The maximum atomic E-state index is 13.4. The van der Waals surface area contributed by atoms with E-state index in [1.165, 1.54) is 35.7 Å². The van der Waals surface area contributed by atoms with Crippen molar-refractivity contribution in [1.29, 1.82) is 0 Å². The van der Waals surface area contributed by atoms with Gasteiger partial charge in [-0.2, -0.15) is 4.31 Å². The van der Waals surface area contributed by atoms with Gasteiger partial charge in [0.1, 0.15) is 5.75 Å². The van der Waals surface area contributed by atoms with Gasteiger partial charge in [-0.1, -0.05) is 18.9 Å². The Kier molecular flexibility index (Phi) is 8.39. The van der Waals surface area contributed by atoms with Gasteiger partial charge >= 0.3 is 0 Å². The van der Waals surface area contributed by atoms with E-state index in [4.69, 9.17) is 4.74 Å². The Hall–Kier alpha value is -2.56. The molecule has 2 aromatic rings. The molecule has 0 bridgehead atoms. The minimum absolute atomic E-state index is 0.0503. The lowest BCUT2D eigenvalue weighted by Crippen LogP contribution is -2.32. The molecule has 0 aliphatic carbocycles. The Labute approximate surface area is 193 Å². The van der Waals surface area contributed by atoms with Gasteiger partial charge in [0.2, 0.25) is 15.9 Å². The zero-order chi connectivity index (χ0) is 24.0. The largest absolute Gasteiger partial charge is 0.495 e. The van der Waals surface area contributed by atoms with Crippen molar-refractivity contribution in [3.8, 4) is 5.75 Å². The van der Waals surface area contributed by atoms with Crippen LogP contribution in [0.5, 0.6) is 5.75 Å². The lowest BCUT2D eigenvalue weighted by atomic mass is 10.2. The van der Waals surface area contributed by atoms with Crippen LogP contribution in [-0.4, -0.2) is 57.3 Å². The Morgan fingerprint density at radius 2 is 1.76 bits per heavy atom. The number of hydrogen-bond donors (Lipinski definition) is 1. The number of anilines is 1. The first-order valence-corrected chi connectivity index (χ1v) is 12.2. The quantitative estimate of drug-likeness (QED) is 0.623. The van der Waals surface area contributed by atoms with Crippen molar-refractivity contribution < 1.29 is 26.7 Å². The maximum Gasteiger partial charge on any atom is 0.243 e. The van der Waals surface area contributed by atoms with Crippen LogP contribution in [0.1, 0.15) is 31.2 Å². The molecule has 0 atom stereocenters. The van der Waals surface area contributed by atoms with E-state index in [0.717, 1.165) is 37.8 Å². The number of carbonyl (C=O) groups excluding carboxylic acids is 1. The molecule has 0 radical (unpaired) electrons. The number of benzene rings is 2. The van der Waals surface area contributed by atoms with Crippen LogP contribution in [-0.2, 0) is 21.4 Å². The van der Waals surface area contributed by atoms with Crippen LogP contribution >= 0.6 is 0 Å². The predicted octanol–water partition coefficient (Wildman–Crippen LogP) is 3.61. The highest BCUT2D eigenvalue weighted by Crippen LogP contribution is 2.30. The van der Waals surface area contributed by atoms with E-state index in [1.54, 1.807) is 11.9 Å². The van der Waals surface area contributed by atoms with E-state index >= 15 is 0 Å². The summed E-state index contributed by atoms with van der Waals surface area (Å²) in [5.41, 5.74) is 0.770. The van der Waals surface area contributed by atoms with Gasteiger partial charge in [-0.25, -0.2) is 17.2 Å². The fourth-order valence-electron chi connectivity index (χ4n) is 3.82. The minimum atomic E-state index is -3.69. The van der Waals surface area contributed by atoms with Gasteiger partial charge in [0.25, 0.3) is 0 Å². The fourth-order valence-corrected chi connectivity index (χ4v) is 5.36. The summed E-state index contributed by atoms with van der Waals surface area (Å²) in [6, 6.07) is 7.98.